The van der Waals surface area contributed by atoms with E-state index in [2.05, 4.69) is 0 Å². The van der Waals surface area contributed by atoms with Crippen LogP contribution in [0.3, 0.4) is 0 Å². The number of ketones is 1. The third-order valence-electron chi connectivity index (χ3n) is 7.88. The summed E-state index contributed by atoms with van der Waals surface area (Å²) in [5.41, 5.74) is 0.547. The zero-order valence-electron chi connectivity index (χ0n) is 11.2. The Kier molecular flexibility index (Phi) is 1.87. The van der Waals surface area contributed by atoms with Gasteiger partial charge < -0.3 is 0 Å². The first-order chi connectivity index (χ1) is 8.83. The Labute approximate surface area is 110 Å². The Morgan fingerprint density at radius 2 is 1.72 bits per heavy atom. The molecule has 98 valence electrons. The highest BCUT2D eigenvalue weighted by molar-refractivity contribution is 5.88. The predicted molar refractivity (Wildman–Crippen MR) is 69.9 cm³/mol. The summed E-state index contributed by atoms with van der Waals surface area (Å²) in [7, 11) is 0. The molecule has 0 aliphatic heterocycles. The Bertz CT molecular complexity index is 414. The number of carbonyl (C=O) groups excluding carboxylic acids is 1. The largest absolute Gasteiger partial charge is 0.299 e. The molecule has 0 heterocycles. The van der Waals surface area contributed by atoms with Crippen LogP contribution >= 0.6 is 0 Å². The summed E-state index contributed by atoms with van der Waals surface area (Å²) >= 11 is 0. The maximum atomic E-state index is 12.8. The van der Waals surface area contributed by atoms with Crippen molar-refractivity contribution in [3.8, 4) is 0 Å². The van der Waals surface area contributed by atoms with Gasteiger partial charge in [-0.2, -0.15) is 0 Å². The fourth-order valence-electron chi connectivity index (χ4n) is 7.72. The zero-order valence-corrected chi connectivity index (χ0v) is 11.2. The molecule has 0 unspecified atom stereocenters. The van der Waals surface area contributed by atoms with E-state index in [1.54, 1.807) is 0 Å². The summed E-state index contributed by atoms with van der Waals surface area (Å²) < 4.78 is 0. The van der Waals surface area contributed by atoms with Crippen molar-refractivity contribution in [3.63, 3.8) is 0 Å². The van der Waals surface area contributed by atoms with Crippen molar-refractivity contribution in [3.05, 3.63) is 0 Å². The first-order valence-electron chi connectivity index (χ1n) is 8.37. The third kappa shape index (κ3) is 0.916. The van der Waals surface area contributed by atoms with E-state index in [9.17, 15) is 4.79 Å². The van der Waals surface area contributed by atoms with Gasteiger partial charge in [0.25, 0.3) is 0 Å². The van der Waals surface area contributed by atoms with E-state index in [1.807, 2.05) is 0 Å². The average molecular weight is 244 g/mol. The van der Waals surface area contributed by atoms with Crippen molar-refractivity contribution in [1.29, 1.82) is 0 Å². The SMILES string of the molecule is O=C1[C@H]2CCCC[C@H]1[C@]13[C@H]4CC[C@@H](C4)[C@H]1CC[C@H]23. The van der Waals surface area contributed by atoms with Crippen LogP contribution in [0.15, 0.2) is 0 Å². The molecule has 1 nitrogen and oxygen atoms in total. The molecule has 7 atom stereocenters. The molecule has 5 aliphatic rings. The van der Waals surface area contributed by atoms with Crippen LogP contribution in [0.4, 0.5) is 0 Å². The number of fused-ring (bicyclic) bond motifs is 6. The molecule has 0 aromatic heterocycles. The van der Waals surface area contributed by atoms with Gasteiger partial charge in [-0.3, -0.25) is 4.79 Å². The Hall–Kier alpha value is -0.330. The van der Waals surface area contributed by atoms with Crippen molar-refractivity contribution >= 4 is 5.78 Å². The molecular weight excluding hydrogens is 220 g/mol. The summed E-state index contributed by atoms with van der Waals surface area (Å²) in [6.45, 7) is 0. The van der Waals surface area contributed by atoms with Crippen LogP contribution in [0.2, 0.25) is 0 Å². The summed E-state index contributed by atoms with van der Waals surface area (Å²) in [6.07, 6.45) is 12.5. The maximum Gasteiger partial charge on any atom is 0.139 e. The molecule has 1 spiro atoms. The molecular formula is C17H24O. The second-order valence-electron chi connectivity index (χ2n) is 7.91. The van der Waals surface area contributed by atoms with Crippen molar-refractivity contribution in [2.45, 2.75) is 57.8 Å². The van der Waals surface area contributed by atoms with Gasteiger partial charge in [0.15, 0.2) is 0 Å². The van der Waals surface area contributed by atoms with Gasteiger partial charge in [-0.1, -0.05) is 12.8 Å². The predicted octanol–water partition coefficient (Wildman–Crippen LogP) is 3.82. The molecule has 0 aromatic rings. The molecule has 0 aromatic carbocycles. The van der Waals surface area contributed by atoms with Crippen molar-refractivity contribution in [2.24, 2.45) is 40.9 Å². The minimum Gasteiger partial charge on any atom is -0.299 e. The van der Waals surface area contributed by atoms with Gasteiger partial charge in [0.2, 0.25) is 0 Å². The van der Waals surface area contributed by atoms with E-state index in [0.29, 0.717) is 17.3 Å². The van der Waals surface area contributed by atoms with E-state index in [-0.39, 0.29) is 0 Å². The minimum absolute atomic E-state index is 0.502. The van der Waals surface area contributed by atoms with E-state index >= 15 is 0 Å². The van der Waals surface area contributed by atoms with E-state index in [0.717, 1.165) is 29.5 Å². The topological polar surface area (TPSA) is 17.1 Å². The monoisotopic (exact) mass is 244 g/mol. The van der Waals surface area contributed by atoms with Gasteiger partial charge in [0.05, 0.1) is 0 Å². The summed E-state index contributed by atoms with van der Waals surface area (Å²) in [5, 5.41) is 0. The van der Waals surface area contributed by atoms with Gasteiger partial charge in [-0.25, -0.2) is 0 Å². The van der Waals surface area contributed by atoms with Crippen LogP contribution < -0.4 is 0 Å². The first kappa shape index (κ1) is 10.5. The quantitative estimate of drug-likeness (QED) is 0.633. The van der Waals surface area contributed by atoms with Crippen LogP contribution in [0, 0.1) is 40.9 Å². The van der Waals surface area contributed by atoms with Crippen LogP contribution in [-0.4, -0.2) is 5.78 Å². The molecule has 5 rings (SSSR count). The number of Topliss-reactive ketones (excluding diaryl/α,β-unsaturated/α-hetero) is 1. The van der Waals surface area contributed by atoms with Gasteiger partial charge in [-0.15, -0.1) is 0 Å². The van der Waals surface area contributed by atoms with E-state index < -0.39 is 0 Å². The fraction of sp³-hybridized carbons (Fsp3) is 0.941. The third-order valence-corrected chi connectivity index (χ3v) is 7.88. The molecule has 0 saturated heterocycles. The van der Waals surface area contributed by atoms with Crippen molar-refractivity contribution in [1.82, 2.24) is 0 Å². The molecule has 1 heteroatoms. The van der Waals surface area contributed by atoms with E-state index in [4.69, 9.17) is 0 Å². The molecule has 0 radical (unpaired) electrons. The normalized spacial score (nSPS) is 60.8. The number of rotatable bonds is 0. The lowest BCUT2D eigenvalue weighted by Crippen LogP contribution is -2.41. The summed E-state index contributed by atoms with van der Waals surface area (Å²) in [4.78, 5) is 12.8. The zero-order chi connectivity index (χ0) is 11.9. The Balaban J connectivity index is 1.68. The highest BCUT2D eigenvalue weighted by Gasteiger charge is 2.73. The molecule has 18 heavy (non-hydrogen) atoms. The second-order valence-corrected chi connectivity index (χ2v) is 7.91. The number of carbonyl (C=O) groups is 1. The molecule has 5 saturated carbocycles. The van der Waals surface area contributed by atoms with Crippen LogP contribution in [-0.2, 0) is 4.79 Å². The first-order valence-corrected chi connectivity index (χ1v) is 8.37. The smallest absolute Gasteiger partial charge is 0.139 e. The van der Waals surface area contributed by atoms with Crippen LogP contribution in [0.5, 0.6) is 0 Å². The number of hydrogen-bond donors (Lipinski definition) is 0. The Morgan fingerprint density at radius 1 is 0.889 bits per heavy atom. The van der Waals surface area contributed by atoms with Crippen LogP contribution in [0.25, 0.3) is 0 Å². The van der Waals surface area contributed by atoms with Crippen molar-refractivity contribution < 1.29 is 4.79 Å². The minimum atomic E-state index is 0.502. The fourth-order valence-corrected chi connectivity index (χ4v) is 7.72. The molecule has 4 bridgehead atoms. The average Bonchev–Trinajstić information content (AvgIpc) is 3.02. The lowest BCUT2D eigenvalue weighted by molar-refractivity contribution is -0.126. The lowest BCUT2D eigenvalue weighted by Gasteiger charge is -2.45. The summed E-state index contributed by atoms with van der Waals surface area (Å²) in [5.74, 6) is 5.52. The number of hydrogen-bond acceptors (Lipinski definition) is 1. The highest BCUT2D eigenvalue weighted by Crippen LogP contribution is 2.76. The van der Waals surface area contributed by atoms with Gasteiger partial charge >= 0.3 is 0 Å². The van der Waals surface area contributed by atoms with Gasteiger partial charge in [0.1, 0.15) is 5.78 Å². The highest BCUT2D eigenvalue weighted by atomic mass is 16.1. The standard InChI is InChI=1S/C17H24O/c18-16-12-3-1-2-4-15(16)17-11-6-5-10(9-11)13(17)7-8-14(12)17/h10-15H,1-9H2/t10-,11-,12-,13+,14+,15+,17+/m0/s1. The lowest BCUT2D eigenvalue weighted by atomic mass is 9.58. The van der Waals surface area contributed by atoms with Crippen molar-refractivity contribution in [2.75, 3.05) is 0 Å². The van der Waals surface area contributed by atoms with Crippen LogP contribution in [0.1, 0.15) is 57.8 Å². The molecule has 5 fully saturated rings. The molecule has 5 aliphatic carbocycles. The maximum absolute atomic E-state index is 12.8. The van der Waals surface area contributed by atoms with E-state index in [1.165, 1.54) is 57.8 Å². The molecule has 0 N–H and O–H groups in total. The molecule has 0 amide bonds. The second kappa shape index (κ2) is 3.22. The van der Waals surface area contributed by atoms with Gasteiger partial charge in [0, 0.05) is 11.8 Å². The Morgan fingerprint density at radius 3 is 2.67 bits per heavy atom. The summed E-state index contributed by atoms with van der Waals surface area (Å²) in [6, 6.07) is 0. The van der Waals surface area contributed by atoms with Gasteiger partial charge in [-0.05, 0) is 74.0 Å².